The van der Waals surface area contributed by atoms with Crippen molar-refractivity contribution in [2.24, 2.45) is 7.05 Å². The maximum absolute atomic E-state index is 12.8. The van der Waals surface area contributed by atoms with Crippen LogP contribution >= 0.6 is 0 Å². The van der Waals surface area contributed by atoms with E-state index in [1.807, 2.05) is 29.2 Å². The number of piperidine rings is 1. The van der Waals surface area contributed by atoms with E-state index >= 15 is 0 Å². The standard InChI is InChI=1S/C17H26N4O2/c1-13(22)20-8-4-3-6-15(20)10-17(23)21-9-5-7-16(21)14-11-18-19(2)12-14/h11-12,15-16H,3-10H2,1-2H3/t15-,16-/m1/s1. The molecule has 2 saturated heterocycles. The van der Waals surface area contributed by atoms with Crippen LogP contribution in [-0.2, 0) is 16.6 Å². The number of hydrogen-bond acceptors (Lipinski definition) is 3. The van der Waals surface area contributed by atoms with Gasteiger partial charge in [0.2, 0.25) is 11.8 Å². The molecule has 126 valence electrons. The second-order valence-corrected chi connectivity index (χ2v) is 6.76. The summed E-state index contributed by atoms with van der Waals surface area (Å²) in [5.74, 6) is 0.266. The topological polar surface area (TPSA) is 58.4 Å². The third-order valence-electron chi connectivity index (χ3n) is 5.12. The maximum atomic E-state index is 12.8. The fraction of sp³-hybridized carbons (Fsp3) is 0.706. The molecule has 2 amide bonds. The monoisotopic (exact) mass is 318 g/mol. The van der Waals surface area contributed by atoms with E-state index in [1.54, 1.807) is 11.6 Å². The van der Waals surface area contributed by atoms with Crippen molar-refractivity contribution in [1.29, 1.82) is 0 Å². The zero-order chi connectivity index (χ0) is 16.4. The second-order valence-electron chi connectivity index (χ2n) is 6.76. The number of carbonyl (C=O) groups excluding carboxylic acids is 2. The van der Waals surface area contributed by atoms with Crippen LogP contribution in [-0.4, -0.2) is 50.5 Å². The molecule has 1 aromatic heterocycles. The van der Waals surface area contributed by atoms with Gasteiger partial charge in [-0.2, -0.15) is 5.10 Å². The van der Waals surface area contributed by atoms with E-state index in [2.05, 4.69) is 5.10 Å². The number of likely N-dealkylation sites (tertiary alicyclic amines) is 2. The van der Waals surface area contributed by atoms with E-state index < -0.39 is 0 Å². The first-order chi connectivity index (χ1) is 11.1. The van der Waals surface area contributed by atoms with Crippen molar-refractivity contribution in [3.63, 3.8) is 0 Å². The minimum Gasteiger partial charge on any atom is -0.339 e. The number of rotatable bonds is 3. The van der Waals surface area contributed by atoms with Gasteiger partial charge in [-0.25, -0.2) is 0 Å². The van der Waals surface area contributed by atoms with Crippen molar-refractivity contribution in [3.05, 3.63) is 18.0 Å². The van der Waals surface area contributed by atoms with Gasteiger partial charge in [0, 0.05) is 51.3 Å². The Labute approximate surface area is 137 Å². The molecule has 0 bridgehead atoms. The molecule has 6 nitrogen and oxygen atoms in total. The lowest BCUT2D eigenvalue weighted by Gasteiger charge is -2.36. The Kier molecular flexibility index (Phi) is 4.68. The molecule has 0 N–H and O–H groups in total. The number of hydrogen-bond donors (Lipinski definition) is 0. The third-order valence-corrected chi connectivity index (χ3v) is 5.12. The highest BCUT2D eigenvalue weighted by Crippen LogP contribution is 2.33. The van der Waals surface area contributed by atoms with Crippen LogP contribution in [0.5, 0.6) is 0 Å². The first kappa shape index (κ1) is 16.0. The molecule has 2 fully saturated rings. The van der Waals surface area contributed by atoms with Gasteiger partial charge in [-0.3, -0.25) is 14.3 Å². The Bertz CT molecular complexity index is 583. The summed E-state index contributed by atoms with van der Waals surface area (Å²) in [5, 5.41) is 4.23. The van der Waals surface area contributed by atoms with Crippen molar-refractivity contribution < 1.29 is 9.59 Å². The van der Waals surface area contributed by atoms with Gasteiger partial charge >= 0.3 is 0 Å². The molecule has 0 radical (unpaired) electrons. The van der Waals surface area contributed by atoms with Crippen molar-refractivity contribution in [3.8, 4) is 0 Å². The van der Waals surface area contributed by atoms with Gasteiger partial charge in [-0.15, -0.1) is 0 Å². The van der Waals surface area contributed by atoms with Gasteiger partial charge < -0.3 is 9.80 Å². The first-order valence-corrected chi connectivity index (χ1v) is 8.61. The third kappa shape index (κ3) is 3.41. The highest BCUT2D eigenvalue weighted by Gasteiger charge is 2.34. The highest BCUT2D eigenvalue weighted by atomic mass is 16.2. The first-order valence-electron chi connectivity index (χ1n) is 8.61. The summed E-state index contributed by atoms with van der Waals surface area (Å²) in [6.07, 6.45) is 9.44. The fourth-order valence-electron chi connectivity index (χ4n) is 3.97. The lowest BCUT2D eigenvalue weighted by atomic mass is 9.98. The van der Waals surface area contributed by atoms with Crippen molar-refractivity contribution in [2.45, 2.75) is 57.5 Å². The van der Waals surface area contributed by atoms with Gasteiger partial charge in [-0.05, 0) is 32.1 Å². The molecule has 0 aromatic carbocycles. The molecule has 3 rings (SSSR count). The van der Waals surface area contributed by atoms with E-state index in [0.717, 1.165) is 50.8 Å². The molecular weight excluding hydrogens is 292 g/mol. The number of aromatic nitrogens is 2. The molecule has 2 aliphatic rings. The van der Waals surface area contributed by atoms with Gasteiger partial charge in [0.25, 0.3) is 0 Å². The van der Waals surface area contributed by atoms with Crippen LogP contribution in [0.15, 0.2) is 12.4 Å². The molecule has 0 unspecified atom stereocenters. The summed E-state index contributed by atoms with van der Waals surface area (Å²) in [5.41, 5.74) is 1.12. The molecule has 3 heterocycles. The van der Waals surface area contributed by atoms with E-state index in [9.17, 15) is 9.59 Å². The van der Waals surface area contributed by atoms with Crippen LogP contribution in [0.1, 0.15) is 57.1 Å². The Hall–Kier alpha value is -1.85. The van der Waals surface area contributed by atoms with Crippen molar-refractivity contribution in [2.75, 3.05) is 13.1 Å². The Morgan fingerprint density at radius 3 is 2.65 bits per heavy atom. The van der Waals surface area contributed by atoms with E-state index in [4.69, 9.17) is 0 Å². The Morgan fingerprint density at radius 2 is 1.96 bits per heavy atom. The molecule has 0 spiro atoms. The zero-order valence-electron chi connectivity index (χ0n) is 14.1. The molecule has 6 heteroatoms. The van der Waals surface area contributed by atoms with Gasteiger partial charge in [0.1, 0.15) is 0 Å². The average Bonchev–Trinajstić information content (AvgIpc) is 3.15. The summed E-state index contributed by atoms with van der Waals surface area (Å²) in [6, 6.07) is 0.217. The lowest BCUT2D eigenvalue weighted by molar-refractivity contribution is -0.137. The molecular formula is C17H26N4O2. The van der Waals surface area contributed by atoms with Crippen LogP contribution in [0.3, 0.4) is 0 Å². The van der Waals surface area contributed by atoms with E-state index in [-0.39, 0.29) is 23.9 Å². The maximum Gasteiger partial charge on any atom is 0.225 e. The highest BCUT2D eigenvalue weighted by molar-refractivity contribution is 5.79. The molecule has 0 aliphatic carbocycles. The summed E-state index contributed by atoms with van der Waals surface area (Å²) in [7, 11) is 1.90. The van der Waals surface area contributed by atoms with Crippen LogP contribution in [0.2, 0.25) is 0 Å². The quantitative estimate of drug-likeness (QED) is 0.855. The molecule has 1 aromatic rings. The van der Waals surface area contributed by atoms with Crippen LogP contribution in [0, 0.1) is 0 Å². The summed E-state index contributed by atoms with van der Waals surface area (Å²) < 4.78 is 1.79. The molecule has 23 heavy (non-hydrogen) atoms. The van der Waals surface area contributed by atoms with Crippen LogP contribution < -0.4 is 0 Å². The minimum absolute atomic E-state index is 0.0731. The van der Waals surface area contributed by atoms with Gasteiger partial charge in [0.05, 0.1) is 12.2 Å². The second kappa shape index (κ2) is 6.72. The lowest BCUT2D eigenvalue weighted by Crippen LogP contribution is -2.45. The van der Waals surface area contributed by atoms with Crippen LogP contribution in [0.25, 0.3) is 0 Å². The van der Waals surface area contributed by atoms with E-state index in [0.29, 0.717) is 6.42 Å². The molecule has 0 saturated carbocycles. The number of nitrogens with zero attached hydrogens (tertiary/aromatic N) is 4. The summed E-state index contributed by atoms with van der Waals surface area (Å²) >= 11 is 0. The predicted molar refractivity (Wildman–Crippen MR) is 86.5 cm³/mol. The number of amides is 2. The van der Waals surface area contributed by atoms with Crippen molar-refractivity contribution >= 4 is 11.8 Å². The summed E-state index contributed by atoms with van der Waals surface area (Å²) in [6.45, 7) is 3.21. The zero-order valence-corrected chi connectivity index (χ0v) is 14.1. The molecule has 2 atom stereocenters. The predicted octanol–water partition coefficient (Wildman–Crippen LogP) is 1.87. The normalized spacial score (nSPS) is 25.0. The van der Waals surface area contributed by atoms with Gasteiger partial charge in [0.15, 0.2) is 0 Å². The Morgan fingerprint density at radius 1 is 1.17 bits per heavy atom. The summed E-state index contributed by atoms with van der Waals surface area (Å²) in [4.78, 5) is 28.5. The largest absolute Gasteiger partial charge is 0.339 e. The minimum atomic E-state index is 0.0731. The Balaban J connectivity index is 1.68. The van der Waals surface area contributed by atoms with Crippen molar-refractivity contribution in [1.82, 2.24) is 19.6 Å². The van der Waals surface area contributed by atoms with Gasteiger partial charge in [-0.1, -0.05) is 0 Å². The molecule has 2 aliphatic heterocycles. The fourth-order valence-corrected chi connectivity index (χ4v) is 3.97. The smallest absolute Gasteiger partial charge is 0.225 e. The van der Waals surface area contributed by atoms with Crippen LogP contribution in [0.4, 0.5) is 0 Å². The number of carbonyl (C=O) groups is 2. The average molecular weight is 318 g/mol. The number of aryl methyl sites for hydroxylation is 1. The van der Waals surface area contributed by atoms with E-state index in [1.165, 1.54) is 0 Å². The SMILES string of the molecule is CC(=O)N1CCCC[C@@H]1CC(=O)N1CCC[C@@H]1c1cnn(C)c1.